The number of anilines is 1. The number of carbonyl (C=O) groups is 1. The highest BCUT2D eigenvalue weighted by Gasteiger charge is 2.33. The average molecular weight is 370 g/mol. The Bertz CT molecular complexity index is 921. The number of piperazine rings is 1. The van der Waals surface area contributed by atoms with Gasteiger partial charge in [-0.3, -0.25) is 0 Å². The van der Waals surface area contributed by atoms with E-state index in [4.69, 9.17) is 9.68 Å². The number of carboxylic acid groups (broad SMARTS) is 1. The van der Waals surface area contributed by atoms with E-state index < -0.39 is 12.1 Å². The molecule has 0 saturated carbocycles. The first kappa shape index (κ1) is 17.2. The summed E-state index contributed by atoms with van der Waals surface area (Å²) in [6.45, 7) is 4.13. The third kappa shape index (κ3) is 3.15. The van der Waals surface area contributed by atoms with Crippen LogP contribution < -0.4 is 10.2 Å². The minimum Gasteiger partial charge on any atom is -0.465 e. The summed E-state index contributed by atoms with van der Waals surface area (Å²) in [6, 6.07) is 1.67. The Balaban J connectivity index is 1.70. The lowest BCUT2D eigenvalue weighted by atomic mass is 10.1. The van der Waals surface area contributed by atoms with Crippen LogP contribution in [0.1, 0.15) is 23.6 Å². The molecule has 1 atom stereocenters. The summed E-state index contributed by atoms with van der Waals surface area (Å²) in [4.78, 5) is 24.0. The van der Waals surface area contributed by atoms with Crippen LogP contribution in [0.15, 0.2) is 4.42 Å². The first-order valence-corrected chi connectivity index (χ1v) is 8.59. The molecule has 0 spiro atoms. The van der Waals surface area contributed by atoms with Crippen molar-refractivity contribution in [1.82, 2.24) is 30.4 Å². The number of aryl methyl sites for hydroxylation is 1. The van der Waals surface area contributed by atoms with Gasteiger partial charge < -0.3 is 24.6 Å². The number of hydrogen-bond acceptors (Lipinski definition) is 9. The molecule has 4 rings (SSSR count). The van der Waals surface area contributed by atoms with E-state index in [-0.39, 0.29) is 12.3 Å². The van der Waals surface area contributed by atoms with Gasteiger partial charge in [0, 0.05) is 45.2 Å². The van der Waals surface area contributed by atoms with Crippen molar-refractivity contribution in [3.05, 3.63) is 17.1 Å². The lowest BCUT2D eigenvalue weighted by molar-refractivity contribution is 0.119. The number of amides is 1. The van der Waals surface area contributed by atoms with Crippen molar-refractivity contribution in [2.75, 3.05) is 24.5 Å². The molecule has 0 bridgehead atoms. The van der Waals surface area contributed by atoms with Gasteiger partial charge in [0.25, 0.3) is 5.89 Å². The largest absolute Gasteiger partial charge is 0.465 e. The van der Waals surface area contributed by atoms with Gasteiger partial charge in [0.1, 0.15) is 5.82 Å². The van der Waals surface area contributed by atoms with E-state index in [1.165, 1.54) is 4.90 Å². The molecule has 2 N–H and O–H groups in total. The Morgan fingerprint density at radius 3 is 2.93 bits per heavy atom. The molecule has 1 amide bonds. The summed E-state index contributed by atoms with van der Waals surface area (Å²) in [5.41, 5.74) is 1.85. The van der Waals surface area contributed by atoms with Crippen molar-refractivity contribution in [3.8, 4) is 17.8 Å². The maximum absolute atomic E-state index is 11.4. The van der Waals surface area contributed by atoms with E-state index in [9.17, 15) is 9.90 Å². The lowest BCUT2D eigenvalue weighted by Gasteiger charge is -2.40. The molecule has 0 aromatic carbocycles. The van der Waals surface area contributed by atoms with Gasteiger partial charge in [0.05, 0.1) is 24.2 Å². The Labute approximate surface area is 154 Å². The predicted molar refractivity (Wildman–Crippen MR) is 91.6 cm³/mol. The van der Waals surface area contributed by atoms with Crippen LogP contribution in [-0.2, 0) is 13.1 Å². The molecular weight excluding hydrogens is 352 g/mol. The molecule has 4 heterocycles. The molecule has 1 fully saturated rings. The van der Waals surface area contributed by atoms with Crippen molar-refractivity contribution in [1.29, 1.82) is 5.26 Å². The summed E-state index contributed by atoms with van der Waals surface area (Å²) in [5.74, 6) is 1.76. The van der Waals surface area contributed by atoms with Gasteiger partial charge in [-0.25, -0.2) is 14.8 Å². The second-order valence-electron chi connectivity index (χ2n) is 6.46. The van der Waals surface area contributed by atoms with E-state index in [2.05, 4.69) is 31.6 Å². The van der Waals surface area contributed by atoms with E-state index in [1.54, 1.807) is 6.92 Å². The molecule has 11 nitrogen and oxygen atoms in total. The highest BCUT2D eigenvalue weighted by molar-refractivity contribution is 5.66. The van der Waals surface area contributed by atoms with Gasteiger partial charge in [-0.1, -0.05) is 0 Å². The van der Waals surface area contributed by atoms with Gasteiger partial charge in [-0.05, 0) is 0 Å². The van der Waals surface area contributed by atoms with Gasteiger partial charge in [0.2, 0.25) is 11.7 Å². The van der Waals surface area contributed by atoms with E-state index >= 15 is 0 Å². The molecule has 1 saturated heterocycles. The fourth-order valence-corrected chi connectivity index (χ4v) is 3.47. The quantitative estimate of drug-likeness (QED) is 0.784. The maximum Gasteiger partial charge on any atom is 0.407 e. The van der Waals surface area contributed by atoms with E-state index in [0.717, 1.165) is 17.1 Å². The molecule has 27 heavy (non-hydrogen) atoms. The molecule has 0 aliphatic carbocycles. The van der Waals surface area contributed by atoms with Gasteiger partial charge in [0.15, 0.2) is 0 Å². The Kier molecular flexibility index (Phi) is 4.33. The number of rotatable bonds is 3. The molecule has 2 aliphatic rings. The van der Waals surface area contributed by atoms with Crippen molar-refractivity contribution >= 4 is 11.9 Å². The van der Waals surface area contributed by atoms with Crippen LogP contribution in [0.25, 0.3) is 11.7 Å². The fourth-order valence-electron chi connectivity index (χ4n) is 3.47. The van der Waals surface area contributed by atoms with Crippen LogP contribution in [0.3, 0.4) is 0 Å². The van der Waals surface area contributed by atoms with E-state index in [0.29, 0.717) is 44.4 Å². The summed E-state index contributed by atoms with van der Waals surface area (Å²) < 4.78 is 5.46. The second kappa shape index (κ2) is 6.81. The number of nitrogens with zero attached hydrogens (tertiary/aromatic N) is 7. The standard InChI is InChI=1S/C16H18N8O3/c1-9-21-22-15(27-9)13-19-12-7-18-6-11(12)14(20-13)23-4-5-24(16(25)26)10(8-23)2-3-17/h10,18H,2,4-8H2,1H3,(H,25,26)/t10-/m0/s1. The summed E-state index contributed by atoms with van der Waals surface area (Å²) in [5, 5.41) is 29.5. The Hall–Kier alpha value is -3.26. The summed E-state index contributed by atoms with van der Waals surface area (Å²) in [6.07, 6.45) is -0.879. The van der Waals surface area contributed by atoms with Crippen molar-refractivity contribution in [2.24, 2.45) is 0 Å². The first-order chi connectivity index (χ1) is 13.1. The SMILES string of the molecule is Cc1nnc(-c2nc3c(c(N4CCN(C(=O)O)[C@@H](CC#N)C4)n2)CNC3)o1. The van der Waals surface area contributed by atoms with Crippen LogP contribution in [0.4, 0.5) is 10.6 Å². The molecule has 2 aromatic heterocycles. The highest BCUT2D eigenvalue weighted by Crippen LogP contribution is 2.29. The van der Waals surface area contributed by atoms with Crippen molar-refractivity contribution in [3.63, 3.8) is 0 Å². The predicted octanol–water partition coefficient (Wildman–Crippen LogP) is 0.520. The summed E-state index contributed by atoms with van der Waals surface area (Å²) >= 11 is 0. The Morgan fingerprint density at radius 2 is 2.22 bits per heavy atom. The number of fused-ring (bicyclic) bond motifs is 1. The van der Waals surface area contributed by atoms with Crippen LogP contribution in [0, 0.1) is 18.3 Å². The third-order valence-electron chi connectivity index (χ3n) is 4.74. The molecule has 11 heteroatoms. The van der Waals surface area contributed by atoms with Crippen LogP contribution >= 0.6 is 0 Å². The van der Waals surface area contributed by atoms with Crippen molar-refractivity contribution < 1.29 is 14.3 Å². The number of hydrogen-bond donors (Lipinski definition) is 2. The van der Waals surface area contributed by atoms with Gasteiger partial charge in [-0.2, -0.15) is 5.26 Å². The van der Waals surface area contributed by atoms with E-state index in [1.807, 2.05) is 4.90 Å². The Morgan fingerprint density at radius 1 is 1.37 bits per heavy atom. The van der Waals surface area contributed by atoms with Crippen LogP contribution in [0.5, 0.6) is 0 Å². The molecule has 140 valence electrons. The molecule has 2 aliphatic heterocycles. The van der Waals surface area contributed by atoms with Crippen molar-refractivity contribution in [2.45, 2.75) is 32.5 Å². The maximum atomic E-state index is 11.4. The monoisotopic (exact) mass is 370 g/mol. The number of nitriles is 1. The first-order valence-electron chi connectivity index (χ1n) is 8.59. The zero-order valence-electron chi connectivity index (χ0n) is 14.7. The minimum atomic E-state index is -1.01. The third-order valence-corrected chi connectivity index (χ3v) is 4.74. The normalized spacial score (nSPS) is 19.0. The molecule has 2 aromatic rings. The molecular formula is C16H18N8O3. The zero-order valence-corrected chi connectivity index (χ0v) is 14.7. The number of nitrogens with one attached hydrogen (secondary N) is 1. The summed E-state index contributed by atoms with van der Waals surface area (Å²) in [7, 11) is 0. The fraction of sp³-hybridized carbons (Fsp3) is 0.500. The van der Waals surface area contributed by atoms with Crippen LogP contribution in [-0.4, -0.2) is 61.9 Å². The number of aromatic nitrogens is 4. The molecule has 0 unspecified atom stereocenters. The second-order valence-corrected chi connectivity index (χ2v) is 6.46. The average Bonchev–Trinajstić information content (AvgIpc) is 3.29. The minimum absolute atomic E-state index is 0.129. The van der Waals surface area contributed by atoms with Gasteiger partial charge >= 0.3 is 6.09 Å². The van der Waals surface area contributed by atoms with Crippen LogP contribution in [0.2, 0.25) is 0 Å². The smallest absolute Gasteiger partial charge is 0.407 e. The lowest BCUT2D eigenvalue weighted by Crippen LogP contribution is -2.55. The topological polar surface area (TPSA) is 144 Å². The highest BCUT2D eigenvalue weighted by atomic mass is 16.4. The zero-order chi connectivity index (χ0) is 19.0. The molecule has 0 radical (unpaired) electrons. The van der Waals surface area contributed by atoms with Gasteiger partial charge in [-0.15, -0.1) is 10.2 Å².